The predicted octanol–water partition coefficient (Wildman–Crippen LogP) is 16.6. The number of ether oxygens (including phenoxy) is 3. The van der Waals surface area contributed by atoms with Gasteiger partial charge in [-0.2, -0.15) is 0 Å². The fraction of sp³-hybridized carbons (Fsp3) is 0.661. The lowest BCUT2D eigenvalue weighted by atomic mass is 10.0. The lowest BCUT2D eigenvalue weighted by Gasteiger charge is -2.18. The summed E-state index contributed by atoms with van der Waals surface area (Å²) in [5.74, 6) is -0.999. The molecule has 0 rings (SSSR count). The van der Waals surface area contributed by atoms with Crippen LogP contribution in [0.3, 0.4) is 0 Å². The molecular formula is C56H92O6. The van der Waals surface area contributed by atoms with Crippen molar-refractivity contribution in [3.63, 3.8) is 0 Å². The van der Waals surface area contributed by atoms with Crippen LogP contribution < -0.4 is 0 Å². The van der Waals surface area contributed by atoms with E-state index in [9.17, 15) is 14.4 Å². The molecule has 0 aromatic carbocycles. The smallest absolute Gasteiger partial charge is 0.306 e. The topological polar surface area (TPSA) is 78.9 Å². The second-order valence-corrected chi connectivity index (χ2v) is 16.3. The number of unbranched alkanes of at least 4 members (excludes halogenated alkanes) is 17. The first kappa shape index (κ1) is 58.3. The van der Waals surface area contributed by atoms with E-state index in [1.165, 1.54) is 70.6 Å². The molecule has 352 valence electrons. The molecule has 0 spiro atoms. The summed E-state index contributed by atoms with van der Waals surface area (Å²) in [4.78, 5) is 37.9. The molecule has 6 nitrogen and oxygen atoms in total. The van der Waals surface area contributed by atoms with Gasteiger partial charge in [-0.05, 0) is 89.9 Å². The van der Waals surface area contributed by atoms with Crippen molar-refractivity contribution in [2.75, 3.05) is 13.2 Å². The van der Waals surface area contributed by atoms with Crippen molar-refractivity contribution in [2.24, 2.45) is 0 Å². The molecule has 0 saturated carbocycles. The SMILES string of the molecule is CC/C=C\C/C=C\C/C=C\C/C=C\C/C=C\CCCC(=O)OCC(COC(=O)CCCCC/C=C\C/C=C\C/C=C\CC)OC(=O)CCCCCCCCCCCCCCCC. The van der Waals surface area contributed by atoms with E-state index in [1.807, 2.05) is 0 Å². The zero-order chi connectivity index (χ0) is 45.1. The molecule has 0 saturated heterocycles. The Morgan fingerprint density at radius 3 is 1.05 bits per heavy atom. The summed E-state index contributed by atoms with van der Waals surface area (Å²) < 4.78 is 16.7. The molecule has 0 bridgehead atoms. The third-order valence-corrected chi connectivity index (χ3v) is 10.3. The van der Waals surface area contributed by atoms with Gasteiger partial charge in [0, 0.05) is 19.3 Å². The molecule has 1 atom stereocenters. The van der Waals surface area contributed by atoms with E-state index in [4.69, 9.17) is 14.2 Å². The van der Waals surface area contributed by atoms with E-state index in [0.29, 0.717) is 19.3 Å². The standard InChI is InChI=1S/C56H92O6/c1-4-7-10-13-16-19-22-25-27-28-29-32-34-37-40-43-46-49-55(58)61-52-53(51-60-54(57)48-45-42-39-36-33-30-24-21-18-15-12-9-6-3)62-56(59)50-47-44-41-38-35-31-26-23-20-17-14-11-8-5-2/h7,9-10,12,16,18-19,21,25,27,29-30,32-33,37,40,53H,4-6,8,11,13-15,17,20,22-24,26,28,31,34-36,38-39,41-52H2,1-3H3/b10-7-,12-9-,19-16-,21-18-,27-25-,32-29-,33-30-,40-37-. The first-order chi connectivity index (χ1) is 30.5. The Morgan fingerprint density at radius 2 is 0.645 bits per heavy atom. The van der Waals surface area contributed by atoms with Gasteiger partial charge in [0.25, 0.3) is 0 Å². The van der Waals surface area contributed by atoms with Crippen molar-refractivity contribution in [3.05, 3.63) is 97.2 Å². The van der Waals surface area contributed by atoms with Crippen LogP contribution in [-0.2, 0) is 28.6 Å². The molecule has 6 heteroatoms. The van der Waals surface area contributed by atoms with Crippen LogP contribution in [0.5, 0.6) is 0 Å². The second kappa shape index (κ2) is 50.0. The quantitative estimate of drug-likeness (QED) is 0.0263. The third kappa shape index (κ3) is 47.4. The van der Waals surface area contributed by atoms with Gasteiger partial charge in [-0.3, -0.25) is 14.4 Å². The first-order valence-corrected chi connectivity index (χ1v) is 25.2. The van der Waals surface area contributed by atoms with Crippen LogP contribution in [0, 0.1) is 0 Å². The van der Waals surface area contributed by atoms with Gasteiger partial charge < -0.3 is 14.2 Å². The van der Waals surface area contributed by atoms with Crippen molar-refractivity contribution in [1.82, 2.24) is 0 Å². The number of hydrogen-bond acceptors (Lipinski definition) is 6. The number of esters is 3. The van der Waals surface area contributed by atoms with E-state index in [-0.39, 0.29) is 37.5 Å². The Hall–Kier alpha value is -3.67. The Morgan fingerprint density at radius 1 is 0.339 bits per heavy atom. The summed E-state index contributed by atoms with van der Waals surface area (Å²) in [5, 5.41) is 0. The number of allylic oxidation sites excluding steroid dienone is 16. The summed E-state index contributed by atoms with van der Waals surface area (Å²) in [6.07, 6.45) is 65.4. The van der Waals surface area contributed by atoms with Gasteiger partial charge in [0.15, 0.2) is 6.10 Å². The van der Waals surface area contributed by atoms with Crippen molar-refractivity contribution in [2.45, 2.75) is 226 Å². The Bertz CT molecular complexity index is 1260. The summed E-state index contributed by atoms with van der Waals surface area (Å²) >= 11 is 0. The Balaban J connectivity index is 4.52. The maximum Gasteiger partial charge on any atom is 0.306 e. The van der Waals surface area contributed by atoms with E-state index in [0.717, 1.165) is 103 Å². The van der Waals surface area contributed by atoms with Gasteiger partial charge in [-0.15, -0.1) is 0 Å². The lowest BCUT2D eigenvalue weighted by molar-refractivity contribution is -0.167. The highest BCUT2D eigenvalue weighted by Gasteiger charge is 2.19. The summed E-state index contributed by atoms with van der Waals surface area (Å²) in [7, 11) is 0. The fourth-order valence-electron chi connectivity index (χ4n) is 6.61. The predicted molar refractivity (Wildman–Crippen MR) is 265 cm³/mol. The van der Waals surface area contributed by atoms with E-state index < -0.39 is 6.10 Å². The molecule has 0 aliphatic heterocycles. The van der Waals surface area contributed by atoms with Crippen LogP contribution in [0.4, 0.5) is 0 Å². The van der Waals surface area contributed by atoms with Crippen LogP contribution in [0.1, 0.15) is 220 Å². The summed E-state index contributed by atoms with van der Waals surface area (Å²) in [6, 6.07) is 0. The van der Waals surface area contributed by atoms with Gasteiger partial charge in [-0.1, -0.05) is 208 Å². The zero-order valence-electron chi connectivity index (χ0n) is 40.1. The molecule has 0 N–H and O–H groups in total. The second-order valence-electron chi connectivity index (χ2n) is 16.3. The first-order valence-electron chi connectivity index (χ1n) is 25.2. The Kier molecular flexibility index (Phi) is 47.0. The van der Waals surface area contributed by atoms with Crippen LogP contribution in [-0.4, -0.2) is 37.2 Å². The highest BCUT2D eigenvalue weighted by Crippen LogP contribution is 2.14. The highest BCUT2D eigenvalue weighted by molar-refractivity contribution is 5.71. The maximum absolute atomic E-state index is 12.8. The number of carbonyl (C=O) groups excluding carboxylic acids is 3. The molecule has 1 unspecified atom stereocenters. The molecule has 62 heavy (non-hydrogen) atoms. The fourth-order valence-corrected chi connectivity index (χ4v) is 6.61. The van der Waals surface area contributed by atoms with Gasteiger partial charge >= 0.3 is 17.9 Å². The summed E-state index contributed by atoms with van der Waals surface area (Å²) in [5.41, 5.74) is 0. The van der Waals surface area contributed by atoms with Crippen LogP contribution in [0.2, 0.25) is 0 Å². The van der Waals surface area contributed by atoms with E-state index in [1.54, 1.807) is 0 Å². The van der Waals surface area contributed by atoms with Gasteiger partial charge in [0.05, 0.1) is 0 Å². The molecule has 0 amide bonds. The number of rotatable bonds is 44. The van der Waals surface area contributed by atoms with Crippen LogP contribution in [0.25, 0.3) is 0 Å². The number of carbonyl (C=O) groups is 3. The molecule has 0 aromatic rings. The summed E-state index contributed by atoms with van der Waals surface area (Å²) in [6.45, 7) is 6.32. The molecule has 0 aliphatic rings. The minimum atomic E-state index is -0.810. The highest BCUT2D eigenvalue weighted by atomic mass is 16.6. The molecule has 0 radical (unpaired) electrons. The molecule has 0 fully saturated rings. The average molecular weight is 861 g/mol. The third-order valence-electron chi connectivity index (χ3n) is 10.3. The number of hydrogen-bond donors (Lipinski definition) is 0. The normalized spacial score (nSPS) is 12.9. The Labute approximate surface area is 381 Å². The zero-order valence-corrected chi connectivity index (χ0v) is 40.1. The lowest BCUT2D eigenvalue weighted by Crippen LogP contribution is -2.30. The average Bonchev–Trinajstić information content (AvgIpc) is 3.27. The molecule has 0 heterocycles. The maximum atomic E-state index is 12.8. The largest absolute Gasteiger partial charge is 0.462 e. The van der Waals surface area contributed by atoms with Gasteiger partial charge in [0.2, 0.25) is 0 Å². The molecular weight excluding hydrogens is 769 g/mol. The van der Waals surface area contributed by atoms with Crippen molar-refractivity contribution < 1.29 is 28.6 Å². The van der Waals surface area contributed by atoms with Gasteiger partial charge in [0.1, 0.15) is 13.2 Å². The van der Waals surface area contributed by atoms with Crippen LogP contribution in [0.15, 0.2) is 97.2 Å². The van der Waals surface area contributed by atoms with Gasteiger partial charge in [-0.25, -0.2) is 0 Å². The minimum Gasteiger partial charge on any atom is -0.462 e. The van der Waals surface area contributed by atoms with Crippen molar-refractivity contribution in [1.29, 1.82) is 0 Å². The van der Waals surface area contributed by atoms with Crippen molar-refractivity contribution in [3.8, 4) is 0 Å². The minimum absolute atomic E-state index is 0.110. The monoisotopic (exact) mass is 861 g/mol. The van der Waals surface area contributed by atoms with E-state index in [2.05, 4.69) is 118 Å². The molecule has 0 aromatic heterocycles. The molecule has 0 aliphatic carbocycles. The van der Waals surface area contributed by atoms with Crippen LogP contribution >= 0.6 is 0 Å². The van der Waals surface area contributed by atoms with E-state index >= 15 is 0 Å². The van der Waals surface area contributed by atoms with Crippen molar-refractivity contribution >= 4 is 17.9 Å².